The van der Waals surface area contributed by atoms with Crippen LogP contribution in [0.5, 0.6) is 0 Å². The molecule has 0 amide bonds. The van der Waals surface area contributed by atoms with Gasteiger partial charge in [0.1, 0.15) is 0 Å². The van der Waals surface area contributed by atoms with Gasteiger partial charge in [-0.1, -0.05) is 37.3 Å². The molecule has 0 bridgehead atoms. The zero-order valence-corrected chi connectivity index (χ0v) is 10.7. The van der Waals surface area contributed by atoms with Crippen LogP contribution in [0.25, 0.3) is 0 Å². The van der Waals surface area contributed by atoms with Gasteiger partial charge in [0.2, 0.25) is 0 Å². The molecule has 2 N–H and O–H groups in total. The predicted octanol–water partition coefficient (Wildman–Crippen LogP) is 2.57. The molecule has 17 heavy (non-hydrogen) atoms. The summed E-state index contributed by atoms with van der Waals surface area (Å²) in [6.07, 6.45) is 0.878. The van der Waals surface area contributed by atoms with Gasteiger partial charge in [0, 0.05) is 0 Å². The Kier molecular flexibility index (Phi) is 4.28. The summed E-state index contributed by atoms with van der Waals surface area (Å²) in [4.78, 5) is 0. The third kappa shape index (κ3) is 3.55. The van der Waals surface area contributed by atoms with Gasteiger partial charge in [-0.05, 0) is 25.8 Å². The molecule has 1 unspecified atom stereocenters. The highest BCUT2D eigenvalue weighted by Gasteiger charge is 2.30. The lowest BCUT2D eigenvalue weighted by molar-refractivity contribution is -0.0363. The second-order valence-corrected chi connectivity index (χ2v) is 4.85. The first-order valence-electron chi connectivity index (χ1n) is 5.83. The summed E-state index contributed by atoms with van der Waals surface area (Å²) in [6.45, 7) is 6.24. The van der Waals surface area contributed by atoms with Gasteiger partial charge in [0.05, 0.1) is 18.3 Å². The molecular weight excluding hydrogens is 212 g/mol. The molecule has 0 heterocycles. The van der Waals surface area contributed by atoms with Crippen molar-refractivity contribution in [3.05, 3.63) is 35.9 Å². The molecule has 0 fully saturated rings. The van der Waals surface area contributed by atoms with Crippen molar-refractivity contribution in [3.8, 4) is 6.07 Å². The first-order chi connectivity index (χ1) is 7.93. The Morgan fingerprint density at radius 1 is 1.29 bits per heavy atom. The minimum absolute atomic E-state index is 0.203. The Morgan fingerprint density at radius 2 is 1.88 bits per heavy atom. The van der Waals surface area contributed by atoms with E-state index in [1.165, 1.54) is 0 Å². The van der Waals surface area contributed by atoms with Crippen LogP contribution < -0.4 is 5.73 Å². The number of ether oxygens (including phenoxy) is 1. The molecule has 0 spiro atoms. The van der Waals surface area contributed by atoms with E-state index in [0.717, 1.165) is 12.0 Å². The fourth-order valence-corrected chi connectivity index (χ4v) is 1.33. The van der Waals surface area contributed by atoms with E-state index in [1.807, 2.05) is 51.1 Å². The largest absolute Gasteiger partial charge is 0.372 e. The lowest BCUT2D eigenvalue weighted by Gasteiger charge is -2.29. The Morgan fingerprint density at radius 3 is 2.35 bits per heavy atom. The third-order valence-electron chi connectivity index (χ3n) is 3.03. The fraction of sp³-hybridized carbons (Fsp3) is 0.500. The monoisotopic (exact) mass is 232 g/mol. The summed E-state index contributed by atoms with van der Waals surface area (Å²) in [6, 6.07) is 11.5. The van der Waals surface area contributed by atoms with Crippen LogP contribution in [0.15, 0.2) is 30.3 Å². The van der Waals surface area contributed by atoms with Gasteiger partial charge in [-0.15, -0.1) is 0 Å². The molecule has 3 heteroatoms. The first-order valence-corrected chi connectivity index (χ1v) is 5.83. The zero-order chi connectivity index (χ0) is 12.9. The van der Waals surface area contributed by atoms with E-state index in [2.05, 4.69) is 6.07 Å². The second-order valence-electron chi connectivity index (χ2n) is 4.85. The van der Waals surface area contributed by atoms with E-state index in [0.29, 0.717) is 0 Å². The molecule has 0 aromatic heterocycles. The van der Waals surface area contributed by atoms with Crippen molar-refractivity contribution in [1.82, 2.24) is 0 Å². The Labute approximate surface area is 103 Å². The van der Waals surface area contributed by atoms with Crippen molar-refractivity contribution >= 4 is 0 Å². The Bertz CT molecular complexity index is 394. The van der Waals surface area contributed by atoms with E-state index >= 15 is 0 Å². The molecule has 0 radical (unpaired) electrons. The fourth-order valence-electron chi connectivity index (χ4n) is 1.33. The zero-order valence-electron chi connectivity index (χ0n) is 10.7. The van der Waals surface area contributed by atoms with Crippen LogP contribution in [0.1, 0.15) is 32.8 Å². The number of benzene rings is 1. The molecule has 0 saturated heterocycles. The van der Waals surface area contributed by atoms with Crippen molar-refractivity contribution in [2.75, 3.05) is 6.61 Å². The maximum absolute atomic E-state index is 9.25. The normalized spacial score (nSPS) is 15.0. The standard InChI is InChI=1S/C14H20N2O/c1-4-13(2,3)17-11-14(16,10-15)12-8-6-5-7-9-12/h5-9H,4,11,16H2,1-3H3. The Balaban J connectivity index is 2.82. The molecule has 0 aliphatic carbocycles. The minimum atomic E-state index is -1.08. The second kappa shape index (κ2) is 5.31. The van der Waals surface area contributed by atoms with Crippen LogP contribution >= 0.6 is 0 Å². The highest BCUT2D eigenvalue weighted by Crippen LogP contribution is 2.22. The van der Waals surface area contributed by atoms with Gasteiger partial charge in [-0.2, -0.15) is 5.26 Å². The van der Waals surface area contributed by atoms with Gasteiger partial charge in [0.25, 0.3) is 0 Å². The molecule has 1 aromatic carbocycles. The molecule has 0 aliphatic rings. The summed E-state index contributed by atoms with van der Waals surface area (Å²) in [5, 5.41) is 9.25. The average molecular weight is 232 g/mol. The van der Waals surface area contributed by atoms with Crippen LogP contribution in [0.2, 0.25) is 0 Å². The van der Waals surface area contributed by atoms with Crippen LogP contribution in [0.4, 0.5) is 0 Å². The number of hydrogen-bond donors (Lipinski definition) is 1. The number of hydrogen-bond acceptors (Lipinski definition) is 3. The van der Waals surface area contributed by atoms with Gasteiger partial charge in [-0.25, -0.2) is 0 Å². The van der Waals surface area contributed by atoms with Crippen molar-refractivity contribution in [1.29, 1.82) is 5.26 Å². The van der Waals surface area contributed by atoms with Gasteiger partial charge < -0.3 is 10.5 Å². The highest BCUT2D eigenvalue weighted by atomic mass is 16.5. The average Bonchev–Trinajstić information content (AvgIpc) is 2.37. The summed E-state index contributed by atoms with van der Waals surface area (Å²) < 4.78 is 5.74. The molecule has 92 valence electrons. The lowest BCUT2D eigenvalue weighted by Crippen LogP contribution is -2.43. The Hall–Kier alpha value is -1.37. The molecule has 1 rings (SSSR count). The van der Waals surface area contributed by atoms with E-state index in [1.54, 1.807) is 0 Å². The molecule has 0 aliphatic heterocycles. The summed E-state index contributed by atoms with van der Waals surface area (Å²) >= 11 is 0. The number of rotatable bonds is 5. The lowest BCUT2D eigenvalue weighted by atomic mass is 9.93. The van der Waals surface area contributed by atoms with Crippen LogP contribution in [0.3, 0.4) is 0 Å². The van der Waals surface area contributed by atoms with E-state index < -0.39 is 5.54 Å². The SMILES string of the molecule is CCC(C)(C)OCC(N)(C#N)c1ccccc1. The summed E-state index contributed by atoms with van der Waals surface area (Å²) in [7, 11) is 0. The molecule has 3 nitrogen and oxygen atoms in total. The van der Waals surface area contributed by atoms with Crippen molar-refractivity contribution in [2.24, 2.45) is 5.73 Å². The smallest absolute Gasteiger partial charge is 0.153 e. The van der Waals surface area contributed by atoms with Gasteiger partial charge >= 0.3 is 0 Å². The maximum atomic E-state index is 9.25. The van der Waals surface area contributed by atoms with Crippen LogP contribution in [0, 0.1) is 11.3 Å². The van der Waals surface area contributed by atoms with Crippen LogP contribution in [-0.4, -0.2) is 12.2 Å². The molecule has 0 saturated carbocycles. The number of nitrogens with two attached hydrogens (primary N) is 1. The van der Waals surface area contributed by atoms with E-state index in [-0.39, 0.29) is 12.2 Å². The quantitative estimate of drug-likeness (QED) is 0.848. The van der Waals surface area contributed by atoms with Crippen molar-refractivity contribution in [3.63, 3.8) is 0 Å². The maximum Gasteiger partial charge on any atom is 0.153 e. The topological polar surface area (TPSA) is 59.0 Å². The third-order valence-corrected chi connectivity index (χ3v) is 3.03. The van der Waals surface area contributed by atoms with E-state index in [4.69, 9.17) is 10.5 Å². The van der Waals surface area contributed by atoms with Crippen LogP contribution in [-0.2, 0) is 10.3 Å². The van der Waals surface area contributed by atoms with Crippen molar-refractivity contribution < 1.29 is 4.74 Å². The van der Waals surface area contributed by atoms with Gasteiger partial charge in [0.15, 0.2) is 5.54 Å². The van der Waals surface area contributed by atoms with Gasteiger partial charge in [-0.3, -0.25) is 0 Å². The number of nitriles is 1. The summed E-state index contributed by atoms with van der Waals surface area (Å²) in [5.74, 6) is 0. The first kappa shape index (κ1) is 13.7. The minimum Gasteiger partial charge on any atom is -0.372 e. The molecule has 1 aromatic rings. The molecule has 1 atom stereocenters. The number of nitrogens with zero attached hydrogens (tertiary/aromatic N) is 1. The van der Waals surface area contributed by atoms with Crippen molar-refractivity contribution in [2.45, 2.75) is 38.3 Å². The highest BCUT2D eigenvalue weighted by molar-refractivity contribution is 5.30. The van der Waals surface area contributed by atoms with E-state index in [9.17, 15) is 5.26 Å². The molecular formula is C14H20N2O. The predicted molar refractivity (Wildman–Crippen MR) is 68.2 cm³/mol. The summed E-state index contributed by atoms with van der Waals surface area (Å²) in [5.41, 5.74) is 5.55.